The predicted octanol–water partition coefficient (Wildman–Crippen LogP) is 0.171. The highest BCUT2D eigenvalue weighted by atomic mass is 32.1. The van der Waals surface area contributed by atoms with Crippen LogP contribution in [0.15, 0.2) is 29.3 Å². The molecule has 0 bridgehead atoms. The van der Waals surface area contributed by atoms with Gasteiger partial charge in [-0.25, -0.2) is 15.4 Å². The standard InChI is InChI=1S/C11H12N6S/c1-14-17-11(13)15-10(16(17)7-18)9-4-2-8(6-12)3-5-9/h2-5,7,11,14H,13H2,1H3. The minimum Gasteiger partial charge on any atom is -0.295 e. The van der Waals surface area contributed by atoms with E-state index in [1.165, 1.54) is 5.49 Å². The van der Waals surface area contributed by atoms with Gasteiger partial charge in [-0.15, -0.1) is 5.12 Å². The van der Waals surface area contributed by atoms with Gasteiger partial charge in [-0.3, -0.25) is 5.73 Å². The number of thiocarbonyl (C=S) groups is 1. The van der Waals surface area contributed by atoms with Crippen LogP contribution in [0.2, 0.25) is 0 Å². The molecule has 0 fully saturated rings. The van der Waals surface area contributed by atoms with Crippen LogP contribution >= 0.6 is 12.2 Å². The van der Waals surface area contributed by atoms with Gasteiger partial charge in [0, 0.05) is 12.6 Å². The summed E-state index contributed by atoms with van der Waals surface area (Å²) in [6, 6.07) is 9.16. The number of nitrogens with one attached hydrogen (secondary N) is 1. The zero-order chi connectivity index (χ0) is 13.1. The molecule has 6 nitrogen and oxygen atoms in total. The number of rotatable bonds is 3. The highest BCUT2D eigenvalue weighted by molar-refractivity contribution is 7.78. The zero-order valence-electron chi connectivity index (χ0n) is 9.74. The molecule has 92 valence electrons. The number of hydrogen-bond donors (Lipinski definition) is 2. The summed E-state index contributed by atoms with van der Waals surface area (Å²) in [5.41, 5.74) is 11.7. The second kappa shape index (κ2) is 5.20. The van der Waals surface area contributed by atoms with Gasteiger partial charge in [0.15, 0.2) is 12.1 Å². The third kappa shape index (κ3) is 2.10. The number of aliphatic imine (C=N–C) groups is 1. The normalized spacial score (nSPS) is 19.5. The van der Waals surface area contributed by atoms with Crippen LogP contribution in [0.1, 0.15) is 11.1 Å². The molecule has 0 radical (unpaired) electrons. The Labute approximate surface area is 110 Å². The van der Waals surface area contributed by atoms with E-state index < -0.39 is 6.29 Å². The Morgan fingerprint density at radius 3 is 2.67 bits per heavy atom. The molecule has 1 aromatic rings. The molecule has 7 heteroatoms. The van der Waals surface area contributed by atoms with Gasteiger partial charge in [0.05, 0.1) is 17.1 Å². The van der Waals surface area contributed by atoms with E-state index in [9.17, 15) is 0 Å². The van der Waals surface area contributed by atoms with Crippen molar-refractivity contribution in [3.05, 3.63) is 35.4 Å². The Morgan fingerprint density at radius 2 is 2.17 bits per heavy atom. The number of nitrogens with zero attached hydrogens (tertiary/aromatic N) is 4. The number of nitrogens with two attached hydrogens (primary N) is 1. The molecule has 1 aliphatic rings. The topological polar surface area (TPSA) is 80.7 Å². The van der Waals surface area contributed by atoms with Gasteiger partial charge in [-0.1, -0.05) is 12.2 Å². The van der Waals surface area contributed by atoms with Crippen molar-refractivity contribution >= 4 is 23.5 Å². The SMILES string of the molecule is CNN1C(N)N=C(c2ccc(C#N)cc2)N1C=S. The second-order valence-corrected chi connectivity index (χ2v) is 3.78. The number of benzene rings is 1. The highest BCUT2D eigenvalue weighted by Crippen LogP contribution is 2.15. The lowest BCUT2D eigenvalue weighted by molar-refractivity contribution is 0.0406. The van der Waals surface area contributed by atoms with Crippen LogP contribution in [0.3, 0.4) is 0 Å². The van der Waals surface area contributed by atoms with E-state index in [0.717, 1.165) is 5.56 Å². The lowest BCUT2D eigenvalue weighted by atomic mass is 10.1. The first-order chi connectivity index (χ1) is 8.71. The first kappa shape index (κ1) is 12.6. The maximum Gasteiger partial charge on any atom is 0.187 e. The molecule has 1 unspecified atom stereocenters. The molecular formula is C11H12N6S. The maximum atomic E-state index is 8.76. The molecule has 0 spiro atoms. The van der Waals surface area contributed by atoms with E-state index in [-0.39, 0.29) is 0 Å². The number of hydrogen-bond acceptors (Lipinski definition) is 6. The van der Waals surface area contributed by atoms with Crippen molar-refractivity contribution in [1.29, 1.82) is 5.26 Å². The Balaban J connectivity index is 2.35. The summed E-state index contributed by atoms with van der Waals surface area (Å²) in [6.07, 6.45) is -0.528. The summed E-state index contributed by atoms with van der Waals surface area (Å²) >= 11 is 4.96. The molecule has 0 aliphatic carbocycles. The molecule has 3 N–H and O–H groups in total. The number of hydrazine groups is 2. The van der Waals surface area contributed by atoms with Gasteiger partial charge >= 0.3 is 0 Å². The lowest BCUT2D eigenvalue weighted by Crippen LogP contribution is -2.53. The van der Waals surface area contributed by atoms with E-state index in [4.69, 9.17) is 23.2 Å². The predicted molar refractivity (Wildman–Crippen MR) is 72.1 cm³/mol. The summed E-state index contributed by atoms with van der Waals surface area (Å²) in [4.78, 5) is 4.32. The Morgan fingerprint density at radius 1 is 1.50 bits per heavy atom. The molecule has 1 aromatic carbocycles. The number of nitriles is 1. The monoisotopic (exact) mass is 260 g/mol. The molecule has 1 heterocycles. The number of amidine groups is 1. The molecular weight excluding hydrogens is 248 g/mol. The summed E-state index contributed by atoms with van der Waals surface area (Å²) in [6.45, 7) is 0. The van der Waals surface area contributed by atoms with Gasteiger partial charge in [-0.05, 0) is 24.3 Å². The lowest BCUT2D eigenvalue weighted by Gasteiger charge is -2.27. The van der Waals surface area contributed by atoms with Gasteiger partial charge in [0.2, 0.25) is 0 Å². The van der Waals surface area contributed by atoms with Crippen LogP contribution in [-0.4, -0.2) is 34.8 Å². The van der Waals surface area contributed by atoms with Crippen molar-refractivity contribution in [3.63, 3.8) is 0 Å². The van der Waals surface area contributed by atoms with Gasteiger partial charge in [0.1, 0.15) is 0 Å². The van der Waals surface area contributed by atoms with E-state index >= 15 is 0 Å². The van der Waals surface area contributed by atoms with Crippen LogP contribution in [0.25, 0.3) is 0 Å². The quantitative estimate of drug-likeness (QED) is 0.754. The van der Waals surface area contributed by atoms with Crippen molar-refractivity contribution in [2.75, 3.05) is 7.05 Å². The molecule has 1 aliphatic heterocycles. The third-order valence-corrected chi connectivity index (χ3v) is 2.76. The van der Waals surface area contributed by atoms with Crippen LogP contribution in [0, 0.1) is 11.3 Å². The van der Waals surface area contributed by atoms with E-state index in [1.807, 2.05) is 12.1 Å². The Hall–Kier alpha value is -1.85. The Bertz CT molecular complexity index is 517. The summed E-state index contributed by atoms with van der Waals surface area (Å²) in [7, 11) is 1.74. The molecule has 0 aromatic heterocycles. The van der Waals surface area contributed by atoms with E-state index in [0.29, 0.717) is 11.4 Å². The van der Waals surface area contributed by atoms with Crippen LogP contribution in [0.5, 0.6) is 0 Å². The first-order valence-corrected chi connectivity index (χ1v) is 5.73. The molecule has 1 atom stereocenters. The van der Waals surface area contributed by atoms with Gasteiger partial charge in [-0.2, -0.15) is 5.26 Å². The van der Waals surface area contributed by atoms with E-state index in [2.05, 4.69) is 16.5 Å². The van der Waals surface area contributed by atoms with Gasteiger partial charge in [0.25, 0.3) is 0 Å². The average Bonchev–Trinajstić information content (AvgIpc) is 2.74. The molecule has 2 rings (SSSR count). The molecule has 0 amide bonds. The van der Waals surface area contributed by atoms with Crippen LogP contribution in [-0.2, 0) is 0 Å². The average molecular weight is 260 g/mol. The fourth-order valence-electron chi connectivity index (χ4n) is 1.71. The molecule has 18 heavy (non-hydrogen) atoms. The molecule has 0 saturated carbocycles. The second-order valence-electron chi connectivity index (χ2n) is 3.57. The van der Waals surface area contributed by atoms with Crippen molar-refractivity contribution in [1.82, 2.24) is 15.6 Å². The summed E-state index contributed by atoms with van der Waals surface area (Å²) in [5.74, 6) is 0.649. The molecule has 0 saturated heterocycles. The minimum absolute atomic E-state index is 0.528. The van der Waals surface area contributed by atoms with Crippen molar-refractivity contribution < 1.29 is 0 Å². The maximum absolute atomic E-state index is 8.76. The van der Waals surface area contributed by atoms with Crippen molar-refractivity contribution in [2.45, 2.75) is 6.29 Å². The smallest absolute Gasteiger partial charge is 0.187 e. The zero-order valence-corrected chi connectivity index (χ0v) is 10.6. The first-order valence-electron chi connectivity index (χ1n) is 5.26. The third-order valence-electron chi connectivity index (χ3n) is 2.56. The fourth-order valence-corrected chi connectivity index (χ4v) is 1.91. The van der Waals surface area contributed by atoms with E-state index in [1.54, 1.807) is 29.3 Å². The summed E-state index contributed by atoms with van der Waals surface area (Å²) < 4.78 is 0. The largest absolute Gasteiger partial charge is 0.295 e. The minimum atomic E-state index is -0.528. The van der Waals surface area contributed by atoms with Crippen molar-refractivity contribution in [2.24, 2.45) is 10.7 Å². The fraction of sp³-hybridized carbons (Fsp3) is 0.182. The Kier molecular flexibility index (Phi) is 3.64. The summed E-state index contributed by atoms with van der Waals surface area (Å²) in [5, 5.41) is 12.0. The van der Waals surface area contributed by atoms with Crippen LogP contribution in [0.4, 0.5) is 0 Å². The van der Waals surface area contributed by atoms with Crippen LogP contribution < -0.4 is 11.2 Å². The highest BCUT2D eigenvalue weighted by Gasteiger charge is 2.30. The van der Waals surface area contributed by atoms with Crippen molar-refractivity contribution in [3.8, 4) is 6.07 Å². The van der Waals surface area contributed by atoms with Gasteiger partial charge < -0.3 is 0 Å².